The van der Waals surface area contributed by atoms with Crippen LogP contribution < -0.4 is 27.4 Å². The van der Waals surface area contributed by atoms with Crippen LogP contribution in [0.15, 0.2) is 30.5 Å². The van der Waals surface area contributed by atoms with Crippen molar-refractivity contribution in [3.8, 4) is 0 Å². The molecule has 0 aliphatic carbocycles. The zero-order chi connectivity index (χ0) is 29.7. The molecule has 40 heavy (non-hydrogen) atoms. The first-order valence-electron chi connectivity index (χ1n) is 13.7. The van der Waals surface area contributed by atoms with Crippen molar-refractivity contribution in [3.63, 3.8) is 0 Å². The highest BCUT2D eigenvalue weighted by Gasteiger charge is 2.30. The van der Waals surface area contributed by atoms with Gasteiger partial charge in [-0.05, 0) is 68.2 Å². The van der Waals surface area contributed by atoms with Crippen LogP contribution in [0.5, 0.6) is 0 Å². The Hall–Kier alpha value is -3.09. The van der Waals surface area contributed by atoms with Crippen molar-refractivity contribution < 1.29 is 24.3 Å². The molecule has 2 aromatic rings. The van der Waals surface area contributed by atoms with Gasteiger partial charge in [0.2, 0.25) is 17.7 Å². The molecule has 1 aromatic carbocycles. The Morgan fingerprint density at radius 1 is 0.950 bits per heavy atom. The minimum Gasteiger partial charge on any atom is -0.480 e. The maximum Gasteiger partial charge on any atom is 0.326 e. The quantitative estimate of drug-likeness (QED) is 0.130. The summed E-state index contributed by atoms with van der Waals surface area (Å²) in [5.41, 5.74) is 13.3. The summed E-state index contributed by atoms with van der Waals surface area (Å²) in [4.78, 5) is 54.6. The Morgan fingerprint density at radius 2 is 1.60 bits per heavy atom. The predicted octanol–water partition coefficient (Wildman–Crippen LogP) is 1.50. The number of carbonyl (C=O) groups is 4. The standard InChI is InChI=1S/C28H44N6O5S/c1-17(2)14-20(30)25(35)34-24(15-18-16-31-21-9-5-4-8-19(18)21)27(37)32-22(11-13-40-3)26(36)33-23(28(38)39)10-6-7-12-29/h4-5,8-9,16-17,20,22-24,31H,6-7,10-15,29-30H2,1-3H3,(H,32,37)(H,33,36)(H,34,35)(H,38,39). The summed E-state index contributed by atoms with van der Waals surface area (Å²) in [6.07, 6.45) is 5.99. The van der Waals surface area contributed by atoms with Gasteiger partial charge in [0.05, 0.1) is 6.04 Å². The smallest absolute Gasteiger partial charge is 0.326 e. The van der Waals surface area contributed by atoms with Gasteiger partial charge in [-0.15, -0.1) is 0 Å². The summed E-state index contributed by atoms with van der Waals surface area (Å²) in [6, 6.07) is 3.75. The SMILES string of the molecule is CSCCC(NC(=O)C(Cc1c[nH]c2ccccc12)NC(=O)C(N)CC(C)C)C(=O)NC(CCCCN)C(=O)O. The van der Waals surface area contributed by atoms with Crippen molar-refractivity contribution in [2.24, 2.45) is 17.4 Å². The van der Waals surface area contributed by atoms with E-state index in [4.69, 9.17) is 11.5 Å². The number of rotatable bonds is 18. The Kier molecular flexibility index (Phi) is 14.0. The molecule has 0 aliphatic heterocycles. The number of hydrogen-bond acceptors (Lipinski definition) is 7. The van der Waals surface area contributed by atoms with Gasteiger partial charge in [-0.2, -0.15) is 11.8 Å². The lowest BCUT2D eigenvalue weighted by atomic mass is 10.0. The van der Waals surface area contributed by atoms with Gasteiger partial charge in [0.15, 0.2) is 0 Å². The minimum absolute atomic E-state index is 0.170. The number of aromatic amines is 1. The van der Waals surface area contributed by atoms with E-state index in [9.17, 15) is 24.3 Å². The molecule has 222 valence electrons. The van der Waals surface area contributed by atoms with Gasteiger partial charge in [0.1, 0.15) is 18.1 Å². The minimum atomic E-state index is -1.15. The van der Waals surface area contributed by atoms with Gasteiger partial charge in [0, 0.05) is 23.5 Å². The van der Waals surface area contributed by atoms with Gasteiger partial charge < -0.3 is 37.5 Å². The van der Waals surface area contributed by atoms with Crippen molar-refractivity contribution in [2.45, 2.75) is 76.5 Å². The Bertz CT molecular complexity index is 1120. The average Bonchev–Trinajstić information content (AvgIpc) is 3.32. The maximum absolute atomic E-state index is 13.6. The third kappa shape index (κ3) is 10.5. The molecule has 0 bridgehead atoms. The number of benzene rings is 1. The molecule has 0 saturated carbocycles. The molecule has 0 saturated heterocycles. The van der Waals surface area contributed by atoms with E-state index in [1.54, 1.807) is 6.20 Å². The summed E-state index contributed by atoms with van der Waals surface area (Å²) in [5.74, 6) is -1.99. The number of para-hydroxylation sites is 1. The van der Waals surface area contributed by atoms with Crippen LogP contribution in [0.25, 0.3) is 10.9 Å². The molecule has 0 spiro atoms. The molecule has 4 atom stereocenters. The Morgan fingerprint density at radius 3 is 2.25 bits per heavy atom. The number of carboxylic acids is 1. The molecule has 12 heteroatoms. The molecular weight excluding hydrogens is 532 g/mol. The fraction of sp³-hybridized carbons (Fsp3) is 0.571. The number of H-pyrrole nitrogens is 1. The number of hydrogen-bond donors (Lipinski definition) is 7. The third-order valence-corrected chi connectivity index (χ3v) is 7.24. The van der Waals surface area contributed by atoms with E-state index in [0.717, 1.165) is 16.5 Å². The maximum atomic E-state index is 13.6. The van der Waals surface area contributed by atoms with Crippen LogP contribution in [-0.4, -0.2) is 76.5 Å². The summed E-state index contributed by atoms with van der Waals surface area (Å²) < 4.78 is 0. The fourth-order valence-electron chi connectivity index (χ4n) is 4.42. The molecular formula is C28H44N6O5S. The molecule has 2 rings (SSSR count). The number of nitrogens with one attached hydrogen (secondary N) is 4. The van der Waals surface area contributed by atoms with Crippen molar-refractivity contribution in [2.75, 3.05) is 18.6 Å². The second-order valence-corrected chi connectivity index (χ2v) is 11.4. The van der Waals surface area contributed by atoms with Crippen LogP contribution in [-0.2, 0) is 25.6 Å². The van der Waals surface area contributed by atoms with Crippen LogP contribution in [0, 0.1) is 5.92 Å². The first-order valence-corrected chi connectivity index (χ1v) is 15.1. The lowest BCUT2D eigenvalue weighted by Gasteiger charge is -2.25. The van der Waals surface area contributed by atoms with Crippen LogP contribution >= 0.6 is 11.8 Å². The predicted molar refractivity (Wildman–Crippen MR) is 159 cm³/mol. The molecule has 1 heterocycles. The van der Waals surface area contributed by atoms with Gasteiger partial charge in [-0.1, -0.05) is 32.0 Å². The molecule has 0 fully saturated rings. The molecule has 9 N–H and O–H groups in total. The third-order valence-electron chi connectivity index (χ3n) is 6.60. The fourth-order valence-corrected chi connectivity index (χ4v) is 4.89. The summed E-state index contributed by atoms with van der Waals surface area (Å²) >= 11 is 1.50. The average molecular weight is 577 g/mol. The number of carbonyl (C=O) groups excluding carboxylic acids is 3. The van der Waals surface area contributed by atoms with Crippen molar-refractivity contribution >= 4 is 46.4 Å². The second-order valence-electron chi connectivity index (χ2n) is 10.4. The molecule has 3 amide bonds. The summed E-state index contributed by atoms with van der Waals surface area (Å²) in [7, 11) is 0. The normalized spacial score (nSPS) is 14.3. The zero-order valence-corrected chi connectivity index (χ0v) is 24.4. The molecule has 0 aliphatic rings. The van der Waals surface area contributed by atoms with Crippen molar-refractivity contribution in [1.82, 2.24) is 20.9 Å². The molecule has 11 nitrogen and oxygen atoms in total. The number of unbranched alkanes of at least 4 members (excludes halogenated alkanes) is 1. The highest BCUT2D eigenvalue weighted by Crippen LogP contribution is 2.19. The Balaban J connectivity index is 2.26. The summed E-state index contributed by atoms with van der Waals surface area (Å²) in [5, 5.41) is 18.6. The van der Waals surface area contributed by atoms with Crippen LogP contribution in [0.3, 0.4) is 0 Å². The number of carboxylic acid groups (broad SMARTS) is 1. The van der Waals surface area contributed by atoms with Crippen LogP contribution in [0.1, 0.15) is 51.5 Å². The number of aromatic nitrogens is 1. The van der Waals surface area contributed by atoms with E-state index in [2.05, 4.69) is 20.9 Å². The number of thioether (sulfide) groups is 1. The molecule has 4 unspecified atom stereocenters. The number of nitrogens with two attached hydrogens (primary N) is 2. The van der Waals surface area contributed by atoms with E-state index in [0.29, 0.717) is 31.6 Å². The van der Waals surface area contributed by atoms with Gasteiger partial charge in [0.25, 0.3) is 0 Å². The summed E-state index contributed by atoms with van der Waals surface area (Å²) in [6.45, 7) is 4.34. The monoisotopic (exact) mass is 576 g/mol. The van der Waals surface area contributed by atoms with E-state index in [-0.39, 0.29) is 25.2 Å². The highest BCUT2D eigenvalue weighted by molar-refractivity contribution is 7.98. The number of amides is 3. The van der Waals surface area contributed by atoms with Crippen LogP contribution in [0.4, 0.5) is 0 Å². The largest absolute Gasteiger partial charge is 0.480 e. The van der Waals surface area contributed by atoms with Crippen LogP contribution in [0.2, 0.25) is 0 Å². The van der Waals surface area contributed by atoms with E-state index in [1.165, 1.54) is 11.8 Å². The van der Waals surface area contributed by atoms with E-state index < -0.39 is 47.9 Å². The highest BCUT2D eigenvalue weighted by atomic mass is 32.2. The van der Waals surface area contributed by atoms with E-state index in [1.807, 2.05) is 44.4 Å². The number of fused-ring (bicyclic) bond motifs is 1. The van der Waals surface area contributed by atoms with Crippen molar-refractivity contribution in [3.05, 3.63) is 36.0 Å². The lowest BCUT2D eigenvalue weighted by Crippen LogP contribution is -2.57. The molecule has 0 radical (unpaired) electrons. The van der Waals surface area contributed by atoms with Gasteiger partial charge >= 0.3 is 5.97 Å². The van der Waals surface area contributed by atoms with Gasteiger partial charge in [-0.3, -0.25) is 14.4 Å². The first-order chi connectivity index (χ1) is 19.1. The molecule has 1 aromatic heterocycles. The van der Waals surface area contributed by atoms with Crippen molar-refractivity contribution in [1.29, 1.82) is 0 Å². The first kappa shape index (κ1) is 33.1. The zero-order valence-electron chi connectivity index (χ0n) is 23.6. The topological polar surface area (TPSA) is 192 Å². The lowest BCUT2D eigenvalue weighted by molar-refractivity contribution is -0.142. The Labute approximate surface area is 240 Å². The second kappa shape index (κ2) is 16.9. The number of aliphatic carboxylic acids is 1. The van der Waals surface area contributed by atoms with Gasteiger partial charge in [-0.25, -0.2) is 4.79 Å². The van der Waals surface area contributed by atoms with E-state index >= 15 is 0 Å².